The van der Waals surface area contributed by atoms with Gasteiger partial charge in [-0.2, -0.15) is 5.01 Å². The largest absolute Gasteiger partial charge is 0.285 e. The molecule has 1 fully saturated rings. The number of amides is 2. The second-order valence-electron chi connectivity index (χ2n) is 4.88. The minimum absolute atomic E-state index is 0.282. The number of thioether (sulfide) groups is 1. The molecule has 2 amide bonds. The van der Waals surface area contributed by atoms with Gasteiger partial charge in [-0.1, -0.05) is 53.7 Å². The van der Waals surface area contributed by atoms with Gasteiger partial charge in [0.2, 0.25) is 0 Å². The predicted molar refractivity (Wildman–Crippen MR) is 100 cm³/mol. The number of nitrogens with one attached hydrogen (secondary N) is 1. The Balaban J connectivity index is 1.76. The Hall–Kier alpha value is -2.15. The second-order valence-corrected chi connectivity index (χ2v) is 6.99. The minimum atomic E-state index is -0.427. The summed E-state index contributed by atoms with van der Waals surface area (Å²) in [6.07, 6.45) is 1.74. The SMILES string of the molecule is O=C(NN1C(=O)/C(=C\c2ccccc2)SC1=S)c1ccc(Cl)cc1. The van der Waals surface area contributed by atoms with Gasteiger partial charge in [0.15, 0.2) is 4.32 Å². The Labute approximate surface area is 153 Å². The van der Waals surface area contributed by atoms with E-state index in [0.717, 1.165) is 22.3 Å². The van der Waals surface area contributed by atoms with Crippen molar-refractivity contribution in [3.05, 3.63) is 75.7 Å². The number of hydrogen-bond acceptors (Lipinski definition) is 4. The summed E-state index contributed by atoms with van der Waals surface area (Å²) in [6.45, 7) is 0. The van der Waals surface area contributed by atoms with E-state index in [-0.39, 0.29) is 10.2 Å². The molecular formula is C17H11ClN2O2S2. The lowest BCUT2D eigenvalue weighted by Gasteiger charge is -2.15. The van der Waals surface area contributed by atoms with E-state index in [2.05, 4.69) is 5.43 Å². The number of carbonyl (C=O) groups is 2. The molecule has 0 unspecified atom stereocenters. The molecule has 1 N–H and O–H groups in total. The van der Waals surface area contributed by atoms with Crippen LogP contribution in [0.1, 0.15) is 15.9 Å². The number of carbonyl (C=O) groups excluding carboxylic acids is 2. The lowest BCUT2D eigenvalue weighted by atomic mass is 10.2. The molecule has 0 aliphatic carbocycles. The molecule has 2 aromatic rings. The van der Waals surface area contributed by atoms with Crippen molar-refractivity contribution in [3.63, 3.8) is 0 Å². The van der Waals surface area contributed by atoms with E-state index in [0.29, 0.717) is 15.5 Å². The van der Waals surface area contributed by atoms with Crippen LogP contribution in [0, 0.1) is 0 Å². The highest BCUT2D eigenvalue weighted by Gasteiger charge is 2.33. The van der Waals surface area contributed by atoms with Crippen LogP contribution in [0.15, 0.2) is 59.5 Å². The number of rotatable bonds is 3. The Kier molecular flexibility index (Phi) is 4.99. The summed E-state index contributed by atoms with van der Waals surface area (Å²) in [5.74, 6) is -0.778. The maximum Gasteiger partial charge on any atom is 0.285 e. The van der Waals surface area contributed by atoms with Gasteiger partial charge in [-0.3, -0.25) is 15.0 Å². The molecule has 0 aromatic heterocycles. The van der Waals surface area contributed by atoms with E-state index < -0.39 is 5.91 Å². The van der Waals surface area contributed by atoms with Crippen molar-refractivity contribution >= 4 is 57.8 Å². The van der Waals surface area contributed by atoms with Gasteiger partial charge in [-0.25, -0.2) is 0 Å². The number of hydrazine groups is 1. The normalized spacial score (nSPS) is 15.9. The summed E-state index contributed by atoms with van der Waals surface area (Å²) in [6, 6.07) is 15.8. The van der Waals surface area contributed by atoms with Gasteiger partial charge in [0.25, 0.3) is 11.8 Å². The maximum atomic E-state index is 12.5. The summed E-state index contributed by atoms with van der Waals surface area (Å²) in [5.41, 5.74) is 3.81. The Morgan fingerprint density at radius 3 is 2.46 bits per heavy atom. The van der Waals surface area contributed by atoms with Gasteiger partial charge in [0, 0.05) is 10.6 Å². The first-order chi connectivity index (χ1) is 11.5. The molecule has 7 heteroatoms. The van der Waals surface area contributed by atoms with E-state index in [1.54, 1.807) is 30.3 Å². The lowest BCUT2D eigenvalue weighted by Crippen LogP contribution is -2.44. The van der Waals surface area contributed by atoms with Gasteiger partial charge in [0.05, 0.1) is 4.91 Å². The van der Waals surface area contributed by atoms with Crippen molar-refractivity contribution in [3.8, 4) is 0 Å². The standard InChI is InChI=1S/C17H11ClN2O2S2/c18-13-8-6-12(7-9-13)15(21)19-20-16(22)14(24-17(20)23)10-11-4-2-1-3-5-11/h1-10H,(H,19,21)/b14-10+. The number of hydrogen-bond donors (Lipinski definition) is 1. The summed E-state index contributed by atoms with van der Waals surface area (Å²) in [7, 11) is 0. The Morgan fingerprint density at radius 1 is 1.12 bits per heavy atom. The van der Waals surface area contributed by atoms with Crippen LogP contribution >= 0.6 is 35.6 Å². The molecule has 3 rings (SSSR count). The highest BCUT2D eigenvalue weighted by Crippen LogP contribution is 2.31. The van der Waals surface area contributed by atoms with Gasteiger partial charge >= 0.3 is 0 Å². The lowest BCUT2D eigenvalue weighted by molar-refractivity contribution is -0.123. The third-order valence-corrected chi connectivity index (χ3v) is 4.76. The Bertz CT molecular complexity index is 835. The zero-order chi connectivity index (χ0) is 17.1. The predicted octanol–water partition coefficient (Wildman–Crippen LogP) is 3.89. The number of thiocarbonyl (C=S) groups is 1. The van der Waals surface area contributed by atoms with Gasteiger partial charge in [-0.05, 0) is 48.1 Å². The maximum absolute atomic E-state index is 12.5. The summed E-state index contributed by atoms with van der Waals surface area (Å²) < 4.78 is 0.282. The van der Waals surface area contributed by atoms with Gasteiger partial charge in [0.1, 0.15) is 0 Å². The first-order valence-corrected chi connectivity index (χ1v) is 8.54. The van der Waals surface area contributed by atoms with Gasteiger partial charge in [-0.15, -0.1) is 0 Å². The quantitative estimate of drug-likeness (QED) is 0.654. The molecule has 0 saturated carbocycles. The molecule has 120 valence electrons. The molecule has 1 heterocycles. The highest BCUT2D eigenvalue weighted by molar-refractivity contribution is 8.26. The van der Waals surface area contributed by atoms with Crippen molar-refractivity contribution in [1.82, 2.24) is 10.4 Å². The van der Waals surface area contributed by atoms with E-state index in [4.69, 9.17) is 23.8 Å². The monoisotopic (exact) mass is 374 g/mol. The molecule has 0 atom stereocenters. The first-order valence-electron chi connectivity index (χ1n) is 6.94. The fourth-order valence-corrected chi connectivity index (χ4v) is 3.34. The van der Waals surface area contributed by atoms with Crippen LogP contribution in [0.5, 0.6) is 0 Å². The molecule has 2 aromatic carbocycles. The average molecular weight is 375 g/mol. The molecule has 4 nitrogen and oxygen atoms in total. The summed E-state index contributed by atoms with van der Waals surface area (Å²) in [5, 5.41) is 1.62. The fourth-order valence-electron chi connectivity index (χ4n) is 2.03. The number of benzene rings is 2. The summed E-state index contributed by atoms with van der Waals surface area (Å²) >= 11 is 12.1. The molecule has 1 aliphatic rings. The van der Waals surface area contributed by atoms with Gasteiger partial charge < -0.3 is 0 Å². The topological polar surface area (TPSA) is 49.4 Å². The molecule has 1 aliphatic heterocycles. The molecule has 24 heavy (non-hydrogen) atoms. The van der Waals surface area contributed by atoms with E-state index in [1.807, 2.05) is 30.3 Å². The van der Waals surface area contributed by atoms with Crippen molar-refractivity contribution in [2.24, 2.45) is 0 Å². The van der Waals surface area contributed by atoms with Crippen LogP contribution in [0.25, 0.3) is 6.08 Å². The van der Waals surface area contributed by atoms with Crippen LogP contribution in [0.4, 0.5) is 0 Å². The number of halogens is 1. The van der Waals surface area contributed by atoms with Crippen molar-refractivity contribution in [1.29, 1.82) is 0 Å². The van der Waals surface area contributed by atoms with E-state index >= 15 is 0 Å². The summed E-state index contributed by atoms with van der Waals surface area (Å²) in [4.78, 5) is 25.1. The second kappa shape index (κ2) is 7.17. The third kappa shape index (κ3) is 3.67. The molecular weight excluding hydrogens is 364 g/mol. The van der Waals surface area contributed by atoms with Crippen molar-refractivity contribution < 1.29 is 9.59 Å². The zero-order valence-electron chi connectivity index (χ0n) is 12.2. The first kappa shape index (κ1) is 16.7. The van der Waals surface area contributed by atoms with E-state index in [1.165, 1.54) is 0 Å². The minimum Gasteiger partial charge on any atom is -0.267 e. The molecule has 0 spiro atoms. The van der Waals surface area contributed by atoms with Crippen LogP contribution in [0.3, 0.4) is 0 Å². The van der Waals surface area contributed by atoms with Crippen LogP contribution < -0.4 is 5.43 Å². The number of nitrogens with zero attached hydrogens (tertiary/aromatic N) is 1. The smallest absolute Gasteiger partial charge is 0.267 e. The third-order valence-electron chi connectivity index (χ3n) is 3.21. The Morgan fingerprint density at radius 2 is 1.79 bits per heavy atom. The molecule has 1 saturated heterocycles. The van der Waals surface area contributed by atoms with Crippen LogP contribution in [-0.4, -0.2) is 21.1 Å². The van der Waals surface area contributed by atoms with E-state index in [9.17, 15) is 9.59 Å². The molecule has 0 bridgehead atoms. The zero-order valence-corrected chi connectivity index (χ0v) is 14.6. The van der Waals surface area contributed by atoms with Crippen LogP contribution in [0.2, 0.25) is 5.02 Å². The van der Waals surface area contributed by atoms with Crippen molar-refractivity contribution in [2.45, 2.75) is 0 Å². The van der Waals surface area contributed by atoms with Crippen LogP contribution in [-0.2, 0) is 4.79 Å². The fraction of sp³-hybridized carbons (Fsp3) is 0. The average Bonchev–Trinajstić information content (AvgIpc) is 2.84. The molecule has 0 radical (unpaired) electrons. The van der Waals surface area contributed by atoms with Crippen molar-refractivity contribution in [2.75, 3.05) is 0 Å². The highest BCUT2D eigenvalue weighted by atomic mass is 35.5.